The van der Waals surface area contributed by atoms with E-state index in [1.165, 1.54) is 6.26 Å². The molecule has 1 heterocycles. The molecular formula is C3H3O2Y-. The van der Waals surface area contributed by atoms with E-state index in [1.54, 1.807) is 0 Å². The Morgan fingerprint density at radius 3 is 2.67 bits per heavy atom. The summed E-state index contributed by atoms with van der Waals surface area (Å²) in [6.07, 6.45) is 3.76. The zero-order chi connectivity index (χ0) is 3.54. The van der Waals surface area contributed by atoms with Gasteiger partial charge in [-0.15, -0.1) is 0 Å². The average molecular weight is 160 g/mol. The predicted molar refractivity (Wildman–Crippen MR) is 14.9 cm³/mol. The third-order valence-corrected chi connectivity index (χ3v) is 0.342. The Kier molecular flexibility index (Phi) is 3.90. The van der Waals surface area contributed by atoms with Crippen molar-refractivity contribution in [3.8, 4) is 0 Å². The molecule has 0 spiro atoms. The summed E-state index contributed by atoms with van der Waals surface area (Å²) in [5.74, 6) is 0. The van der Waals surface area contributed by atoms with Gasteiger partial charge in [-0.3, -0.25) is 6.26 Å². The Bertz CT molecular complexity index is 46.8. The standard InChI is InChI=1S/C3H3O2.Y/c1-2-5-3-4-1;/h1H,3H2;/q-1;. The minimum atomic E-state index is 0. The van der Waals surface area contributed by atoms with Crippen LogP contribution in [0.25, 0.3) is 0 Å². The van der Waals surface area contributed by atoms with Crippen molar-refractivity contribution < 1.29 is 42.2 Å². The first-order valence-corrected chi connectivity index (χ1v) is 1.31. The summed E-state index contributed by atoms with van der Waals surface area (Å²) in [6.45, 7) is 0.333. The molecule has 0 bridgehead atoms. The van der Waals surface area contributed by atoms with Crippen LogP contribution >= 0.6 is 0 Å². The summed E-state index contributed by atoms with van der Waals surface area (Å²) in [6, 6.07) is 0. The normalized spacial score (nSPS) is 14.7. The van der Waals surface area contributed by atoms with Gasteiger partial charge in [0, 0.05) is 32.7 Å². The van der Waals surface area contributed by atoms with Crippen LogP contribution in [0.1, 0.15) is 0 Å². The van der Waals surface area contributed by atoms with Gasteiger partial charge >= 0.3 is 0 Å². The average Bonchev–Trinajstić information content (AvgIpc) is 1.76. The van der Waals surface area contributed by atoms with Gasteiger partial charge in [0.25, 0.3) is 0 Å². The van der Waals surface area contributed by atoms with E-state index in [9.17, 15) is 0 Å². The van der Waals surface area contributed by atoms with Crippen LogP contribution in [0.3, 0.4) is 0 Å². The van der Waals surface area contributed by atoms with Crippen molar-refractivity contribution in [2.45, 2.75) is 0 Å². The van der Waals surface area contributed by atoms with E-state index in [2.05, 4.69) is 15.7 Å². The predicted octanol–water partition coefficient (Wildman–Crippen LogP) is 0.263. The molecule has 0 aliphatic carbocycles. The third-order valence-electron chi connectivity index (χ3n) is 0.342. The third kappa shape index (κ3) is 1.78. The molecule has 0 unspecified atom stereocenters. The van der Waals surface area contributed by atoms with Gasteiger partial charge in [0.05, 0.1) is 0 Å². The molecule has 6 heavy (non-hydrogen) atoms. The number of ether oxygens (including phenoxy) is 2. The molecule has 0 amide bonds. The maximum absolute atomic E-state index is 4.49. The fourth-order valence-electron chi connectivity index (χ4n) is 0.170. The minimum Gasteiger partial charge on any atom is -0.663 e. The fraction of sp³-hybridized carbons (Fsp3) is 0.333. The van der Waals surface area contributed by atoms with Gasteiger partial charge in [0.15, 0.2) is 6.79 Å². The molecule has 1 aliphatic heterocycles. The van der Waals surface area contributed by atoms with Crippen LogP contribution in [-0.2, 0) is 42.2 Å². The van der Waals surface area contributed by atoms with Crippen molar-refractivity contribution in [1.82, 2.24) is 0 Å². The van der Waals surface area contributed by atoms with Crippen molar-refractivity contribution in [3.05, 3.63) is 12.5 Å². The van der Waals surface area contributed by atoms with E-state index in [0.29, 0.717) is 6.79 Å². The molecule has 0 fully saturated rings. The van der Waals surface area contributed by atoms with Crippen LogP contribution in [0.4, 0.5) is 0 Å². The zero-order valence-electron chi connectivity index (χ0n) is 3.18. The maximum atomic E-state index is 4.49. The van der Waals surface area contributed by atoms with Crippen LogP contribution in [0.2, 0.25) is 0 Å². The number of rotatable bonds is 0. The van der Waals surface area contributed by atoms with Crippen molar-refractivity contribution >= 4 is 0 Å². The Morgan fingerprint density at radius 1 is 1.67 bits per heavy atom. The first-order chi connectivity index (χ1) is 2.50. The van der Waals surface area contributed by atoms with E-state index in [4.69, 9.17) is 0 Å². The topological polar surface area (TPSA) is 18.5 Å². The molecule has 1 rings (SSSR count). The molecule has 0 saturated heterocycles. The molecule has 0 aromatic rings. The summed E-state index contributed by atoms with van der Waals surface area (Å²) < 4.78 is 8.90. The Hall–Kier alpha value is 0.444. The van der Waals surface area contributed by atoms with Gasteiger partial charge in [-0.1, -0.05) is 6.26 Å². The molecule has 0 atom stereocenters. The van der Waals surface area contributed by atoms with E-state index < -0.39 is 0 Å². The fourth-order valence-corrected chi connectivity index (χ4v) is 0.170. The van der Waals surface area contributed by atoms with Crippen LogP contribution in [0.15, 0.2) is 6.26 Å². The molecule has 0 N–H and O–H groups in total. The summed E-state index contributed by atoms with van der Waals surface area (Å²) in [4.78, 5) is 0. The van der Waals surface area contributed by atoms with Crippen molar-refractivity contribution in [1.29, 1.82) is 0 Å². The van der Waals surface area contributed by atoms with Crippen LogP contribution in [0.5, 0.6) is 0 Å². The maximum Gasteiger partial charge on any atom is 0.191 e. The molecular weight excluding hydrogens is 157 g/mol. The first-order valence-electron chi connectivity index (χ1n) is 1.31. The van der Waals surface area contributed by atoms with E-state index in [0.717, 1.165) is 0 Å². The van der Waals surface area contributed by atoms with Gasteiger partial charge in [-0.25, -0.2) is 0 Å². The van der Waals surface area contributed by atoms with Gasteiger partial charge < -0.3 is 9.47 Å². The molecule has 3 heteroatoms. The smallest absolute Gasteiger partial charge is 0.191 e. The minimum absolute atomic E-state index is 0. The molecule has 1 aliphatic rings. The summed E-state index contributed by atoms with van der Waals surface area (Å²) >= 11 is 0. The van der Waals surface area contributed by atoms with E-state index >= 15 is 0 Å². The second-order valence-electron chi connectivity index (χ2n) is 0.665. The van der Waals surface area contributed by atoms with Crippen LogP contribution in [0, 0.1) is 6.26 Å². The molecule has 0 aromatic carbocycles. The van der Waals surface area contributed by atoms with Gasteiger partial charge in [-0.2, -0.15) is 0 Å². The van der Waals surface area contributed by atoms with Crippen LogP contribution in [-0.4, -0.2) is 6.79 Å². The SMILES string of the molecule is [C-]1=COCO1.[Y]. The number of hydrogen-bond donors (Lipinski definition) is 0. The Labute approximate surface area is 61.4 Å². The van der Waals surface area contributed by atoms with Gasteiger partial charge in [0.2, 0.25) is 0 Å². The molecule has 1 radical (unpaired) electrons. The number of hydrogen-bond acceptors (Lipinski definition) is 2. The van der Waals surface area contributed by atoms with Crippen molar-refractivity contribution in [2.24, 2.45) is 0 Å². The molecule has 31 valence electrons. The molecule has 0 saturated carbocycles. The van der Waals surface area contributed by atoms with Crippen molar-refractivity contribution in [3.63, 3.8) is 0 Å². The van der Waals surface area contributed by atoms with E-state index in [-0.39, 0.29) is 32.7 Å². The second-order valence-corrected chi connectivity index (χ2v) is 0.665. The first kappa shape index (κ1) is 6.44. The summed E-state index contributed by atoms with van der Waals surface area (Å²) in [5, 5.41) is 0. The molecule has 2 nitrogen and oxygen atoms in total. The second kappa shape index (κ2) is 3.63. The van der Waals surface area contributed by atoms with E-state index in [1.807, 2.05) is 0 Å². The largest absolute Gasteiger partial charge is 0.663 e. The van der Waals surface area contributed by atoms with Gasteiger partial charge in [-0.05, 0) is 0 Å². The summed E-state index contributed by atoms with van der Waals surface area (Å²) in [5.41, 5.74) is 0. The monoisotopic (exact) mass is 160 g/mol. The van der Waals surface area contributed by atoms with Gasteiger partial charge in [0.1, 0.15) is 0 Å². The Balaban J connectivity index is 0.000000250. The summed E-state index contributed by atoms with van der Waals surface area (Å²) in [7, 11) is 0. The quantitative estimate of drug-likeness (QED) is 0.473. The van der Waals surface area contributed by atoms with Crippen LogP contribution < -0.4 is 0 Å². The zero-order valence-corrected chi connectivity index (χ0v) is 6.02. The Morgan fingerprint density at radius 2 is 2.50 bits per heavy atom. The van der Waals surface area contributed by atoms with Crippen molar-refractivity contribution in [2.75, 3.05) is 6.79 Å². The molecule has 0 aromatic heterocycles.